The van der Waals surface area contributed by atoms with E-state index in [1.54, 1.807) is 24.4 Å². The number of pyridine rings is 2. The molecule has 3 N–H and O–H groups in total. The Bertz CT molecular complexity index is 1540. The van der Waals surface area contributed by atoms with E-state index in [4.69, 9.17) is 16.0 Å². The number of nitrogen functional groups attached to an aromatic ring is 1. The van der Waals surface area contributed by atoms with E-state index in [1.807, 2.05) is 23.5 Å². The summed E-state index contributed by atoms with van der Waals surface area (Å²) in [6.07, 6.45) is 5.61. The van der Waals surface area contributed by atoms with Gasteiger partial charge < -0.3 is 11.1 Å². The molecule has 0 aliphatic carbocycles. The Kier molecular flexibility index (Phi) is 6.27. The number of carbonyl (C=O) groups is 1. The second-order valence-corrected chi connectivity index (χ2v) is 8.42. The molecule has 5 rings (SSSR count). The van der Waals surface area contributed by atoms with Gasteiger partial charge in [0.1, 0.15) is 11.5 Å². The molecule has 36 heavy (non-hydrogen) atoms. The zero-order valence-corrected chi connectivity index (χ0v) is 19.6. The van der Waals surface area contributed by atoms with E-state index < -0.39 is 0 Å². The number of nitrogens with two attached hydrogens (primary N) is 1. The standard InChI is InChI=1S/C26H23N9O/c1-2-3-11-34-12-8-19(16-34)23-21-7-10-30-26(28)35(21)24(33-23)20-5-4-18(15-31-20)25(36)32-22-13-17(14-27)6-9-29-22/h4-7,9-10,13,15,19H,8,11-12,16H2,1H3,(H2,28,30)(H,29,32,36). The molecule has 0 bridgehead atoms. The van der Waals surface area contributed by atoms with Gasteiger partial charge in [-0.15, -0.1) is 5.92 Å². The number of aromatic nitrogens is 5. The minimum atomic E-state index is -0.382. The van der Waals surface area contributed by atoms with Gasteiger partial charge in [0.25, 0.3) is 5.91 Å². The summed E-state index contributed by atoms with van der Waals surface area (Å²) in [6, 6.07) is 10.4. The van der Waals surface area contributed by atoms with Crippen LogP contribution in [-0.2, 0) is 0 Å². The first kappa shape index (κ1) is 23.0. The molecule has 10 nitrogen and oxygen atoms in total. The van der Waals surface area contributed by atoms with Crippen molar-refractivity contribution < 1.29 is 4.79 Å². The highest BCUT2D eigenvalue weighted by Crippen LogP contribution is 2.33. The van der Waals surface area contributed by atoms with Crippen LogP contribution < -0.4 is 11.1 Å². The van der Waals surface area contributed by atoms with E-state index in [2.05, 4.69) is 37.0 Å². The molecule has 4 aromatic heterocycles. The lowest BCUT2D eigenvalue weighted by molar-refractivity contribution is 0.102. The molecule has 4 aromatic rings. The van der Waals surface area contributed by atoms with Crippen LogP contribution in [0.3, 0.4) is 0 Å². The van der Waals surface area contributed by atoms with Crippen LogP contribution in [0, 0.1) is 23.2 Å². The number of likely N-dealkylation sites (tertiary alicyclic amines) is 1. The fraction of sp³-hybridized carbons (Fsp3) is 0.231. The molecule has 1 fully saturated rings. The maximum atomic E-state index is 12.7. The summed E-state index contributed by atoms with van der Waals surface area (Å²) >= 11 is 0. The zero-order chi connectivity index (χ0) is 25.1. The van der Waals surface area contributed by atoms with Crippen molar-refractivity contribution in [2.24, 2.45) is 0 Å². The number of nitrogens with zero attached hydrogens (tertiary/aromatic N) is 7. The minimum absolute atomic E-state index is 0.246. The van der Waals surface area contributed by atoms with Gasteiger partial charge in [-0.3, -0.25) is 19.1 Å². The lowest BCUT2D eigenvalue weighted by Gasteiger charge is -2.11. The third-order valence-electron chi connectivity index (χ3n) is 6.13. The molecule has 0 radical (unpaired) electrons. The van der Waals surface area contributed by atoms with E-state index in [0.717, 1.165) is 37.3 Å². The van der Waals surface area contributed by atoms with Crippen molar-refractivity contribution in [3.8, 4) is 29.4 Å². The van der Waals surface area contributed by atoms with Crippen LogP contribution in [-0.4, -0.2) is 54.8 Å². The highest BCUT2D eigenvalue weighted by Gasteiger charge is 2.29. The van der Waals surface area contributed by atoms with Crippen LogP contribution in [0.15, 0.2) is 48.9 Å². The first-order valence-corrected chi connectivity index (χ1v) is 11.5. The number of nitrogens with one attached hydrogen (secondary N) is 1. The smallest absolute Gasteiger partial charge is 0.258 e. The summed E-state index contributed by atoms with van der Waals surface area (Å²) in [7, 11) is 0. The number of hydrogen-bond acceptors (Lipinski definition) is 8. The second kappa shape index (κ2) is 9.82. The number of fused-ring (bicyclic) bond motifs is 1. The average molecular weight is 478 g/mol. The average Bonchev–Trinajstić information content (AvgIpc) is 3.53. The van der Waals surface area contributed by atoms with E-state index in [-0.39, 0.29) is 11.8 Å². The molecule has 10 heteroatoms. The minimum Gasteiger partial charge on any atom is -0.369 e. The van der Waals surface area contributed by atoms with Crippen molar-refractivity contribution in [3.05, 3.63) is 65.7 Å². The third-order valence-corrected chi connectivity index (χ3v) is 6.13. The van der Waals surface area contributed by atoms with Crippen LogP contribution >= 0.6 is 0 Å². The summed E-state index contributed by atoms with van der Waals surface area (Å²) in [4.78, 5) is 32.8. The first-order valence-electron chi connectivity index (χ1n) is 11.5. The number of imidazole rings is 1. The van der Waals surface area contributed by atoms with E-state index in [0.29, 0.717) is 34.4 Å². The van der Waals surface area contributed by atoms with E-state index >= 15 is 0 Å². The van der Waals surface area contributed by atoms with Gasteiger partial charge in [-0.25, -0.2) is 15.0 Å². The fourth-order valence-electron chi connectivity index (χ4n) is 4.36. The lowest BCUT2D eigenvalue weighted by Crippen LogP contribution is -2.20. The Morgan fingerprint density at radius 1 is 1.22 bits per heavy atom. The molecule has 1 saturated heterocycles. The maximum Gasteiger partial charge on any atom is 0.258 e. The number of carbonyl (C=O) groups excluding carboxylic acids is 1. The first-order chi connectivity index (χ1) is 17.6. The number of hydrogen-bond donors (Lipinski definition) is 2. The number of rotatable bonds is 5. The van der Waals surface area contributed by atoms with Crippen LogP contribution in [0.25, 0.3) is 17.0 Å². The Morgan fingerprint density at radius 3 is 2.86 bits per heavy atom. The Morgan fingerprint density at radius 2 is 2.08 bits per heavy atom. The van der Waals surface area contributed by atoms with Crippen LogP contribution in [0.5, 0.6) is 0 Å². The van der Waals surface area contributed by atoms with Gasteiger partial charge in [0.15, 0.2) is 5.82 Å². The summed E-state index contributed by atoms with van der Waals surface area (Å²) in [5.74, 6) is 7.14. The van der Waals surface area contributed by atoms with Crippen molar-refractivity contribution in [1.29, 1.82) is 5.26 Å². The molecule has 178 valence electrons. The molecule has 1 atom stereocenters. The van der Waals surface area contributed by atoms with Crippen LogP contribution in [0.4, 0.5) is 11.8 Å². The zero-order valence-electron chi connectivity index (χ0n) is 19.6. The molecule has 0 spiro atoms. The molecule has 1 amide bonds. The Hall–Kier alpha value is -4.80. The number of anilines is 2. The molecule has 0 saturated carbocycles. The van der Waals surface area contributed by atoms with E-state index in [1.165, 1.54) is 18.5 Å². The molecule has 5 heterocycles. The van der Waals surface area contributed by atoms with Gasteiger partial charge in [0.2, 0.25) is 5.95 Å². The molecule has 1 aliphatic rings. The van der Waals surface area contributed by atoms with Crippen molar-refractivity contribution >= 4 is 23.2 Å². The van der Waals surface area contributed by atoms with Crippen LogP contribution in [0.1, 0.15) is 40.9 Å². The highest BCUT2D eigenvalue weighted by atomic mass is 16.1. The summed E-state index contributed by atoms with van der Waals surface area (Å²) in [5, 5.41) is 11.7. The second-order valence-electron chi connectivity index (χ2n) is 8.42. The summed E-state index contributed by atoms with van der Waals surface area (Å²) in [5.41, 5.74) is 9.43. The SMILES string of the molecule is CC#CCN1CCC(c2nc(-c3ccc(C(=O)Nc4cc(C#N)ccn4)cn3)n3c(N)nccc23)C1. The highest BCUT2D eigenvalue weighted by molar-refractivity contribution is 6.03. The van der Waals surface area contributed by atoms with Gasteiger partial charge in [-0.1, -0.05) is 5.92 Å². The van der Waals surface area contributed by atoms with E-state index in [9.17, 15) is 4.79 Å². The Balaban J connectivity index is 1.43. The van der Waals surface area contributed by atoms with Gasteiger partial charge >= 0.3 is 0 Å². The Labute approximate surface area is 207 Å². The predicted octanol–water partition coefficient (Wildman–Crippen LogP) is 2.71. The molecular formula is C26H23N9O. The van der Waals surface area contributed by atoms with Crippen molar-refractivity contribution in [3.63, 3.8) is 0 Å². The van der Waals surface area contributed by atoms with Crippen molar-refractivity contribution in [1.82, 2.24) is 29.2 Å². The lowest BCUT2D eigenvalue weighted by atomic mass is 10.0. The summed E-state index contributed by atoms with van der Waals surface area (Å²) in [6.45, 7) is 4.43. The third kappa shape index (κ3) is 4.45. The maximum absolute atomic E-state index is 12.7. The van der Waals surface area contributed by atoms with Gasteiger partial charge in [0, 0.05) is 31.1 Å². The van der Waals surface area contributed by atoms with Crippen molar-refractivity contribution in [2.45, 2.75) is 19.3 Å². The monoisotopic (exact) mass is 477 g/mol. The molecule has 1 unspecified atom stereocenters. The largest absolute Gasteiger partial charge is 0.369 e. The number of amides is 1. The summed E-state index contributed by atoms with van der Waals surface area (Å²) < 4.78 is 1.81. The molecule has 1 aliphatic heterocycles. The van der Waals surface area contributed by atoms with Crippen LogP contribution in [0.2, 0.25) is 0 Å². The van der Waals surface area contributed by atoms with Gasteiger partial charge in [0.05, 0.1) is 35.0 Å². The van der Waals surface area contributed by atoms with Gasteiger partial charge in [-0.05, 0) is 50.2 Å². The van der Waals surface area contributed by atoms with Gasteiger partial charge in [-0.2, -0.15) is 5.26 Å². The fourth-order valence-corrected chi connectivity index (χ4v) is 4.36. The topological polar surface area (TPSA) is 138 Å². The van der Waals surface area contributed by atoms with Crippen molar-refractivity contribution in [2.75, 3.05) is 30.7 Å². The predicted molar refractivity (Wildman–Crippen MR) is 135 cm³/mol. The molecular weight excluding hydrogens is 454 g/mol. The quantitative estimate of drug-likeness (QED) is 0.419. The normalized spacial score (nSPS) is 15.3. The number of nitriles is 1. The molecule has 0 aromatic carbocycles.